The predicted octanol–water partition coefficient (Wildman–Crippen LogP) is 4.70. The lowest BCUT2D eigenvalue weighted by atomic mass is 9.49. The second-order valence-electron chi connectivity index (χ2n) is 9.06. The van der Waals surface area contributed by atoms with Crippen molar-refractivity contribution < 1.29 is 9.59 Å². The van der Waals surface area contributed by atoms with Gasteiger partial charge in [0.2, 0.25) is 11.8 Å². The molecule has 0 saturated heterocycles. The zero-order valence-electron chi connectivity index (χ0n) is 16.0. The van der Waals surface area contributed by atoms with Gasteiger partial charge in [0, 0.05) is 29.1 Å². The third-order valence-corrected chi connectivity index (χ3v) is 7.08. The van der Waals surface area contributed by atoms with Crippen molar-refractivity contribution in [1.82, 2.24) is 5.32 Å². The fourth-order valence-electron chi connectivity index (χ4n) is 6.01. The number of anilines is 1. The monoisotopic (exact) mass is 388 g/mol. The van der Waals surface area contributed by atoms with Crippen LogP contribution >= 0.6 is 11.6 Å². The Balaban J connectivity index is 1.22. The quantitative estimate of drug-likeness (QED) is 0.694. The number of halogens is 1. The lowest BCUT2D eigenvalue weighted by molar-refractivity contribution is -0.146. The highest BCUT2D eigenvalue weighted by molar-refractivity contribution is 6.30. The van der Waals surface area contributed by atoms with E-state index in [1.165, 1.54) is 19.3 Å². The molecule has 4 aliphatic carbocycles. The number of carbonyl (C=O) groups excluding carboxylic acids is 2. The molecule has 1 aromatic rings. The van der Waals surface area contributed by atoms with Crippen molar-refractivity contribution in [3.63, 3.8) is 0 Å². The number of hydrogen-bond acceptors (Lipinski definition) is 2. The third kappa shape index (κ3) is 4.01. The largest absolute Gasteiger partial charge is 0.356 e. The molecule has 2 N–H and O–H groups in total. The Kier molecular flexibility index (Phi) is 5.19. The normalized spacial score (nSPS) is 31.0. The van der Waals surface area contributed by atoms with Gasteiger partial charge in [0.1, 0.15) is 0 Å². The lowest BCUT2D eigenvalue weighted by Crippen LogP contribution is -2.53. The molecule has 0 spiro atoms. The molecule has 0 atom stereocenters. The van der Waals surface area contributed by atoms with Crippen LogP contribution in [0.5, 0.6) is 0 Å². The first-order chi connectivity index (χ1) is 12.9. The van der Waals surface area contributed by atoms with Gasteiger partial charge in [-0.05, 0) is 93.4 Å². The predicted molar refractivity (Wildman–Crippen MR) is 108 cm³/mol. The minimum Gasteiger partial charge on any atom is -0.356 e. The molecule has 0 radical (unpaired) electrons. The van der Waals surface area contributed by atoms with E-state index in [2.05, 4.69) is 10.6 Å². The molecule has 1 aromatic carbocycles. The molecule has 2 amide bonds. The van der Waals surface area contributed by atoms with E-state index in [4.69, 9.17) is 11.6 Å². The van der Waals surface area contributed by atoms with E-state index in [0.717, 1.165) is 48.3 Å². The molecule has 0 heterocycles. The van der Waals surface area contributed by atoms with Gasteiger partial charge in [-0.15, -0.1) is 0 Å². The molecular weight excluding hydrogens is 360 g/mol. The smallest absolute Gasteiger partial charge is 0.226 e. The van der Waals surface area contributed by atoms with E-state index in [1.54, 1.807) is 6.07 Å². The maximum absolute atomic E-state index is 12.9. The Bertz CT molecular complexity index is 711. The molecule has 5 heteroatoms. The number of hydrogen-bond donors (Lipinski definition) is 2. The molecule has 0 aromatic heterocycles. The Labute approximate surface area is 166 Å². The van der Waals surface area contributed by atoms with Crippen LogP contribution in [0.2, 0.25) is 5.02 Å². The molecular formula is C22H29ClN2O2. The van der Waals surface area contributed by atoms with Crippen LogP contribution in [0.1, 0.15) is 56.9 Å². The topological polar surface area (TPSA) is 58.2 Å². The summed E-state index contributed by atoms with van der Waals surface area (Å²) in [5.41, 5.74) is 1.64. The van der Waals surface area contributed by atoms with E-state index in [-0.39, 0.29) is 17.2 Å². The Morgan fingerprint density at radius 3 is 2.33 bits per heavy atom. The van der Waals surface area contributed by atoms with Crippen molar-refractivity contribution >= 4 is 29.1 Å². The van der Waals surface area contributed by atoms with Crippen LogP contribution in [0.25, 0.3) is 0 Å². The van der Waals surface area contributed by atoms with Crippen molar-refractivity contribution in [1.29, 1.82) is 0 Å². The van der Waals surface area contributed by atoms with Crippen molar-refractivity contribution in [3.8, 4) is 0 Å². The van der Waals surface area contributed by atoms with E-state index < -0.39 is 0 Å². The second kappa shape index (κ2) is 7.46. The van der Waals surface area contributed by atoms with Gasteiger partial charge in [0.25, 0.3) is 0 Å². The van der Waals surface area contributed by atoms with Gasteiger partial charge in [0.05, 0.1) is 0 Å². The number of rotatable bonds is 6. The molecule has 4 saturated carbocycles. The number of carbonyl (C=O) groups is 2. The highest BCUT2D eigenvalue weighted by Crippen LogP contribution is 2.60. The molecule has 4 bridgehead atoms. The molecule has 4 aliphatic rings. The van der Waals surface area contributed by atoms with Crippen LogP contribution in [0.3, 0.4) is 0 Å². The van der Waals surface area contributed by atoms with Gasteiger partial charge >= 0.3 is 0 Å². The standard InChI is InChI=1S/C22H29ClN2O2/c1-14-7-18(23)4-5-19(14)25-20(26)3-2-6-24-21(27)22-11-15-8-16(12-22)10-17(9-15)13-22/h4-5,7,15-17H,2-3,6,8-13H2,1H3,(H,24,27)(H,25,26). The number of benzene rings is 1. The van der Waals surface area contributed by atoms with Crippen molar-refractivity contribution in [2.24, 2.45) is 23.2 Å². The first kappa shape index (κ1) is 18.8. The lowest BCUT2D eigenvalue weighted by Gasteiger charge is -2.55. The zero-order valence-corrected chi connectivity index (χ0v) is 16.8. The Morgan fingerprint density at radius 2 is 1.74 bits per heavy atom. The Hall–Kier alpha value is -1.55. The van der Waals surface area contributed by atoms with Crippen molar-refractivity contribution in [2.45, 2.75) is 58.3 Å². The summed E-state index contributed by atoms with van der Waals surface area (Å²) >= 11 is 5.94. The molecule has 27 heavy (non-hydrogen) atoms. The van der Waals surface area contributed by atoms with E-state index in [1.807, 2.05) is 19.1 Å². The first-order valence-electron chi connectivity index (χ1n) is 10.3. The fraction of sp³-hybridized carbons (Fsp3) is 0.636. The summed E-state index contributed by atoms with van der Waals surface area (Å²) in [7, 11) is 0. The number of aryl methyl sites for hydroxylation is 1. The van der Waals surface area contributed by atoms with Gasteiger partial charge in [-0.25, -0.2) is 0 Å². The van der Waals surface area contributed by atoms with Crippen LogP contribution in [0.4, 0.5) is 5.69 Å². The maximum Gasteiger partial charge on any atom is 0.226 e. The fourth-order valence-corrected chi connectivity index (χ4v) is 6.23. The molecule has 4 fully saturated rings. The van der Waals surface area contributed by atoms with E-state index >= 15 is 0 Å². The molecule has 0 aliphatic heterocycles. The third-order valence-electron chi connectivity index (χ3n) is 6.85. The maximum atomic E-state index is 12.9. The van der Waals surface area contributed by atoms with Crippen LogP contribution in [0, 0.1) is 30.1 Å². The number of amides is 2. The minimum atomic E-state index is -0.0998. The summed E-state index contributed by atoms with van der Waals surface area (Å²) in [6.07, 6.45) is 8.35. The van der Waals surface area contributed by atoms with Gasteiger partial charge in [-0.1, -0.05) is 11.6 Å². The summed E-state index contributed by atoms with van der Waals surface area (Å²) in [4.78, 5) is 25.0. The van der Waals surface area contributed by atoms with Crippen LogP contribution in [0.15, 0.2) is 18.2 Å². The van der Waals surface area contributed by atoms with Crippen LogP contribution in [-0.2, 0) is 9.59 Å². The van der Waals surface area contributed by atoms with Gasteiger partial charge in [-0.2, -0.15) is 0 Å². The van der Waals surface area contributed by atoms with Crippen LogP contribution < -0.4 is 10.6 Å². The summed E-state index contributed by atoms with van der Waals surface area (Å²) < 4.78 is 0. The average Bonchev–Trinajstić information content (AvgIpc) is 2.60. The molecule has 146 valence electrons. The highest BCUT2D eigenvalue weighted by atomic mass is 35.5. The van der Waals surface area contributed by atoms with Gasteiger partial charge < -0.3 is 10.6 Å². The second-order valence-corrected chi connectivity index (χ2v) is 9.50. The molecule has 5 rings (SSSR count). The van der Waals surface area contributed by atoms with Crippen LogP contribution in [-0.4, -0.2) is 18.4 Å². The highest BCUT2D eigenvalue weighted by Gasteiger charge is 2.54. The number of nitrogens with one attached hydrogen (secondary N) is 2. The molecule has 4 nitrogen and oxygen atoms in total. The molecule has 0 unspecified atom stereocenters. The van der Waals surface area contributed by atoms with Gasteiger partial charge in [0.15, 0.2) is 0 Å². The van der Waals surface area contributed by atoms with E-state index in [0.29, 0.717) is 24.4 Å². The van der Waals surface area contributed by atoms with Crippen molar-refractivity contribution in [3.05, 3.63) is 28.8 Å². The zero-order chi connectivity index (χ0) is 19.0. The summed E-state index contributed by atoms with van der Waals surface area (Å²) in [6.45, 7) is 2.50. The summed E-state index contributed by atoms with van der Waals surface area (Å²) in [6, 6.07) is 5.43. The van der Waals surface area contributed by atoms with E-state index in [9.17, 15) is 9.59 Å². The summed E-state index contributed by atoms with van der Waals surface area (Å²) in [5, 5.41) is 6.73. The summed E-state index contributed by atoms with van der Waals surface area (Å²) in [5.74, 6) is 2.54. The average molecular weight is 389 g/mol. The Morgan fingerprint density at radius 1 is 1.11 bits per heavy atom. The van der Waals surface area contributed by atoms with Crippen molar-refractivity contribution in [2.75, 3.05) is 11.9 Å². The SMILES string of the molecule is Cc1cc(Cl)ccc1NC(=O)CCCNC(=O)C12CC3CC(CC(C3)C1)C2. The first-order valence-corrected chi connectivity index (χ1v) is 10.7. The van der Waals surface area contributed by atoms with Gasteiger partial charge in [-0.3, -0.25) is 9.59 Å². The minimum absolute atomic E-state index is 0.0236.